The summed E-state index contributed by atoms with van der Waals surface area (Å²) in [6.45, 7) is 43.1. The van der Waals surface area contributed by atoms with Crippen LogP contribution in [0.2, 0.25) is 0 Å². The van der Waals surface area contributed by atoms with E-state index in [2.05, 4.69) is 323 Å². The largest absolute Gasteiger partial charge is 0.220 e. The van der Waals surface area contributed by atoms with Crippen LogP contribution in [0.3, 0.4) is 0 Å². The maximum atomic E-state index is 8.70. The first-order chi connectivity index (χ1) is 55.8. The Labute approximate surface area is 710 Å². The van der Waals surface area contributed by atoms with Crippen molar-refractivity contribution in [2.45, 2.75) is 296 Å². The summed E-state index contributed by atoms with van der Waals surface area (Å²) in [7, 11) is 8.67. The highest BCUT2D eigenvalue weighted by molar-refractivity contribution is 5.98. The molecule has 4 fully saturated rings. The Bertz CT molecular complexity index is 5590. The standard InChI is InChI=1S/C29H38N.2C28H36N.C27H34N.CH4/c1-19(2)25-17-27(20(3)4)21(5)28(18-25)29-26-12-11-23(15-22-9-7-8-10-22)16-24(26)13-14-30(29)6;1-19-11-13-24(28(3,4)5)18-26(19)27-25-14-12-22(16-21-9-7-8-10-21)17-23(25)15-20(2)29(27)6;1-18(2)24-13-19(3)21(5)27(17-24)28-26-12-11-23(15-22-9-7-8-10-22)16-25(26)14-20(4)29(28)6;1-18(2)23-12-10-19(3)26(17-23)27-25-13-11-22(15-21-8-6-7-9-21)16-24(25)14-20(4)28(27)5;/h11-14,16-20,22H,7-10,15H2,1-6H3;11-15,17-18,21H,7-10,16H2,1-6H3;11-14,16-18,22H,7-10,15H2,1-6H3;10-14,16-18,21H,6-9,15H2,1-5H3;1H4/q4*+1;/i14D;;;;. The first kappa shape index (κ1) is 86.3. The van der Waals surface area contributed by atoms with Gasteiger partial charge in [-0.15, -0.1) is 0 Å². The summed E-state index contributed by atoms with van der Waals surface area (Å²) in [5.41, 5.74) is 34.5. The van der Waals surface area contributed by atoms with E-state index < -0.39 is 0 Å². The molecule has 4 heteroatoms. The monoisotopic (exact) mass is 1560 g/mol. The van der Waals surface area contributed by atoms with Gasteiger partial charge in [0.25, 0.3) is 0 Å². The SMILES string of the molecule is C.Cc1cc(C(C)C)cc(-c2c3ccc(CC4CCCC4)cc3cc(C)[n+]2C)c1C.Cc1ccc(C(C)(C)C)cc1-c1c2ccc(CC3CCCC3)cc2cc(C)[n+]1C.Cc1ccc(C(C)C)cc1-c1c2ccc(CC3CCCC3)cc2cc(C)[n+]1C.[2H]c1cc2cc(CC3CCCC3)ccc2c(-c2cc(C(C)C)cc(C(C)C)c2C)[n+]1C. The minimum atomic E-state index is 0. The molecule has 0 spiro atoms. The van der Waals surface area contributed by atoms with Gasteiger partial charge in [-0.05, 0) is 261 Å². The lowest BCUT2D eigenvalue weighted by molar-refractivity contribution is -0.665. The summed E-state index contributed by atoms with van der Waals surface area (Å²) in [5.74, 6) is 5.54. The van der Waals surface area contributed by atoms with Gasteiger partial charge in [-0.1, -0.05) is 271 Å². The molecule has 8 aromatic carbocycles. The maximum Gasteiger partial charge on any atom is 0.220 e. The average Bonchev–Trinajstić information content (AvgIpc) is 0.781. The van der Waals surface area contributed by atoms with Crippen LogP contribution < -0.4 is 18.3 Å². The third kappa shape index (κ3) is 20.0. The number of benzene rings is 8. The van der Waals surface area contributed by atoms with Gasteiger partial charge in [-0.2, -0.15) is 13.7 Å². The van der Waals surface area contributed by atoms with Gasteiger partial charge in [-0.3, -0.25) is 0 Å². The van der Waals surface area contributed by atoms with Gasteiger partial charge in [0.05, 0.1) is 38.2 Å². The molecule has 616 valence electrons. The van der Waals surface area contributed by atoms with E-state index >= 15 is 0 Å². The Morgan fingerprint density at radius 2 is 0.658 bits per heavy atom. The highest BCUT2D eigenvalue weighted by Gasteiger charge is 2.30. The molecule has 4 saturated carbocycles. The predicted octanol–water partition coefficient (Wildman–Crippen LogP) is 29.2. The number of aromatic nitrogens is 4. The van der Waals surface area contributed by atoms with Gasteiger partial charge in [0, 0.05) is 50.6 Å². The van der Waals surface area contributed by atoms with Gasteiger partial charge in [0.15, 0.2) is 23.3 Å². The lowest BCUT2D eigenvalue weighted by atomic mass is 9.84. The quantitative estimate of drug-likeness (QED) is 0.0857. The second-order valence-corrected chi connectivity index (χ2v) is 39.1. The van der Waals surface area contributed by atoms with E-state index in [0.29, 0.717) is 29.8 Å². The zero-order chi connectivity index (χ0) is 83.6. The highest BCUT2D eigenvalue weighted by Crippen LogP contribution is 2.42. The lowest BCUT2D eigenvalue weighted by Gasteiger charge is -2.21. The van der Waals surface area contributed by atoms with E-state index in [-0.39, 0.29) is 12.8 Å². The molecule has 4 aromatic heterocycles. The van der Waals surface area contributed by atoms with E-state index in [1.165, 1.54) is 312 Å². The van der Waals surface area contributed by atoms with E-state index in [1.54, 1.807) is 0 Å². The van der Waals surface area contributed by atoms with Gasteiger partial charge in [-0.25, -0.2) is 4.57 Å². The van der Waals surface area contributed by atoms with Gasteiger partial charge in [0.1, 0.15) is 29.6 Å². The highest BCUT2D eigenvalue weighted by atomic mass is 15.0. The average molecular weight is 1560 g/mol. The number of fused-ring (bicyclic) bond motifs is 4. The van der Waals surface area contributed by atoms with Crippen LogP contribution in [0.4, 0.5) is 0 Å². The van der Waals surface area contributed by atoms with E-state index in [4.69, 9.17) is 1.37 Å². The fraction of sp³-hybridized carbons (Fsp3) is 0.469. The summed E-state index contributed by atoms with van der Waals surface area (Å²) in [4.78, 5) is 0. The summed E-state index contributed by atoms with van der Waals surface area (Å²) in [6, 6.07) is 61.2. The van der Waals surface area contributed by atoms with Crippen molar-refractivity contribution in [1.29, 1.82) is 0 Å². The summed E-state index contributed by atoms with van der Waals surface area (Å²) in [5, 5.41) is 10.7. The molecule has 0 N–H and O–H groups in total. The number of hydrogen-bond acceptors (Lipinski definition) is 0. The van der Waals surface area contributed by atoms with Crippen LogP contribution in [0.5, 0.6) is 0 Å². The Kier molecular flexibility index (Phi) is 27.9. The fourth-order valence-electron chi connectivity index (χ4n) is 20.2. The predicted molar refractivity (Wildman–Crippen MR) is 505 cm³/mol. The van der Waals surface area contributed by atoms with Crippen LogP contribution in [0.15, 0.2) is 164 Å². The van der Waals surface area contributed by atoms with Crippen molar-refractivity contribution >= 4 is 43.1 Å². The Morgan fingerprint density at radius 3 is 1.03 bits per heavy atom. The van der Waals surface area contributed by atoms with Crippen molar-refractivity contribution in [2.24, 2.45) is 51.9 Å². The molecule has 4 heterocycles. The molecule has 0 bridgehead atoms. The minimum Gasteiger partial charge on any atom is -0.200 e. The smallest absolute Gasteiger partial charge is 0.200 e. The second-order valence-electron chi connectivity index (χ2n) is 39.1. The van der Waals surface area contributed by atoms with Crippen molar-refractivity contribution < 1.29 is 19.6 Å². The van der Waals surface area contributed by atoms with Crippen LogP contribution in [0.1, 0.15) is 306 Å². The molecule has 0 radical (unpaired) electrons. The maximum absolute atomic E-state index is 8.70. The lowest BCUT2D eigenvalue weighted by Crippen LogP contribution is -2.35. The molecule has 117 heavy (non-hydrogen) atoms. The third-order valence-corrected chi connectivity index (χ3v) is 28.1. The zero-order valence-electron chi connectivity index (χ0n) is 77.1. The van der Waals surface area contributed by atoms with Crippen LogP contribution >= 0.6 is 0 Å². The fourth-order valence-corrected chi connectivity index (χ4v) is 20.2. The molecular formula is C113H148N4+4. The number of nitrogens with zero attached hydrogens (tertiary/aromatic N) is 4. The number of pyridine rings is 4. The first-order valence-electron chi connectivity index (χ1n) is 46.0. The van der Waals surface area contributed by atoms with E-state index in [0.717, 1.165) is 23.7 Å². The molecule has 4 aliphatic carbocycles. The summed E-state index contributed by atoms with van der Waals surface area (Å²) >= 11 is 0. The summed E-state index contributed by atoms with van der Waals surface area (Å²) in [6.07, 6.45) is 28.0. The number of aryl methyl sites for hydroxylation is 6. The van der Waals surface area contributed by atoms with E-state index in [1.807, 2.05) is 13.1 Å². The molecule has 16 rings (SSSR count). The number of hydrogen-bond donors (Lipinski definition) is 0. The van der Waals surface area contributed by atoms with Gasteiger partial charge in [0.2, 0.25) is 22.8 Å². The Morgan fingerprint density at radius 1 is 0.325 bits per heavy atom. The van der Waals surface area contributed by atoms with Crippen LogP contribution in [0.25, 0.3) is 88.1 Å². The molecule has 0 aliphatic heterocycles. The van der Waals surface area contributed by atoms with Crippen LogP contribution in [-0.4, -0.2) is 0 Å². The topological polar surface area (TPSA) is 15.5 Å². The molecular weight excluding hydrogens is 1410 g/mol. The van der Waals surface area contributed by atoms with E-state index in [9.17, 15) is 0 Å². The number of rotatable bonds is 16. The van der Waals surface area contributed by atoms with Gasteiger partial charge >= 0.3 is 0 Å². The minimum absolute atomic E-state index is 0. The summed E-state index contributed by atoms with van der Waals surface area (Å²) < 4.78 is 17.9. The Balaban J connectivity index is 0.000000144. The van der Waals surface area contributed by atoms with Crippen LogP contribution in [-0.2, 0) is 59.3 Å². The van der Waals surface area contributed by atoms with Crippen molar-refractivity contribution in [1.82, 2.24) is 0 Å². The Hall–Kier alpha value is -8.60. The van der Waals surface area contributed by atoms with Crippen molar-refractivity contribution in [3.63, 3.8) is 0 Å². The molecule has 4 aliphatic rings. The van der Waals surface area contributed by atoms with Crippen molar-refractivity contribution in [3.8, 4) is 45.0 Å². The van der Waals surface area contributed by atoms with Gasteiger partial charge < -0.3 is 0 Å². The molecule has 0 unspecified atom stereocenters. The third-order valence-electron chi connectivity index (χ3n) is 28.1. The van der Waals surface area contributed by atoms with Crippen LogP contribution in [0, 0.1) is 79.1 Å². The normalized spacial score (nSPS) is 15.1. The molecule has 0 saturated heterocycles. The molecule has 12 aromatic rings. The zero-order valence-corrected chi connectivity index (χ0v) is 76.1. The first-order valence-corrected chi connectivity index (χ1v) is 45.5. The van der Waals surface area contributed by atoms with Crippen molar-refractivity contribution in [3.05, 3.63) is 259 Å². The second kappa shape index (κ2) is 37.8. The molecule has 0 amide bonds. The van der Waals surface area contributed by atoms with Crippen molar-refractivity contribution in [2.75, 3.05) is 0 Å². The molecule has 0 atom stereocenters. The molecule has 4 nitrogen and oxygen atoms in total.